The Morgan fingerprint density at radius 1 is 1.42 bits per heavy atom. The molecule has 1 saturated heterocycles. The SMILES string of the molecule is C[C@H](Sc1ncc(-c2ccccc2)n1C[C@@H]1CCCO1)C(=O)NC(N)=O. The number of primary amides is 1. The number of ether oxygens (including phenoxy) is 1. The molecule has 7 nitrogen and oxygen atoms in total. The van der Waals surface area contributed by atoms with Crippen molar-refractivity contribution < 1.29 is 14.3 Å². The van der Waals surface area contributed by atoms with Crippen molar-refractivity contribution in [1.82, 2.24) is 14.9 Å². The van der Waals surface area contributed by atoms with Gasteiger partial charge in [-0.3, -0.25) is 10.1 Å². The summed E-state index contributed by atoms with van der Waals surface area (Å²) >= 11 is 1.30. The van der Waals surface area contributed by atoms with Crippen LogP contribution in [0.1, 0.15) is 19.8 Å². The smallest absolute Gasteiger partial charge is 0.318 e. The summed E-state index contributed by atoms with van der Waals surface area (Å²) in [5.41, 5.74) is 7.06. The number of imidazole rings is 1. The molecule has 1 fully saturated rings. The largest absolute Gasteiger partial charge is 0.376 e. The van der Waals surface area contributed by atoms with Gasteiger partial charge in [-0.05, 0) is 25.3 Å². The van der Waals surface area contributed by atoms with Crippen LogP contribution in [0.15, 0.2) is 41.7 Å². The molecule has 0 radical (unpaired) electrons. The Bertz CT molecular complexity index is 772. The van der Waals surface area contributed by atoms with Crippen molar-refractivity contribution in [2.24, 2.45) is 5.73 Å². The average molecular weight is 374 g/mol. The van der Waals surface area contributed by atoms with Crippen LogP contribution in [0.5, 0.6) is 0 Å². The van der Waals surface area contributed by atoms with Gasteiger partial charge in [0.15, 0.2) is 5.16 Å². The van der Waals surface area contributed by atoms with Crippen molar-refractivity contribution in [3.63, 3.8) is 0 Å². The number of thioether (sulfide) groups is 1. The Kier molecular flexibility index (Phi) is 5.95. The molecule has 0 aliphatic carbocycles. The molecule has 0 spiro atoms. The number of urea groups is 1. The number of nitrogens with one attached hydrogen (secondary N) is 1. The van der Waals surface area contributed by atoms with Gasteiger partial charge in [0.1, 0.15) is 0 Å². The number of aromatic nitrogens is 2. The molecule has 138 valence electrons. The van der Waals surface area contributed by atoms with Gasteiger partial charge >= 0.3 is 6.03 Å². The molecular formula is C18H22N4O3S. The van der Waals surface area contributed by atoms with Gasteiger partial charge in [0.05, 0.1) is 29.8 Å². The number of nitrogens with zero attached hydrogens (tertiary/aromatic N) is 2. The van der Waals surface area contributed by atoms with E-state index in [-0.39, 0.29) is 6.10 Å². The molecule has 2 aromatic rings. The van der Waals surface area contributed by atoms with E-state index < -0.39 is 17.2 Å². The monoisotopic (exact) mass is 374 g/mol. The molecule has 26 heavy (non-hydrogen) atoms. The minimum Gasteiger partial charge on any atom is -0.376 e. The third kappa shape index (κ3) is 4.44. The zero-order valence-electron chi connectivity index (χ0n) is 14.6. The van der Waals surface area contributed by atoms with Gasteiger partial charge in [0.25, 0.3) is 0 Å². The average Bonchev–Trinajstić information content (AvgIpc) is 3.26. The maximum Gasteiger partial charge on any atom is 0.318 e. The number of amides is 3. The predicted molar refractivity (Wildman–Crippen MR) is 99.7 cm³/mol. The van der Waals surface area contributed by atoms with Gasteiger partial charge < -0.3 is 15.0 Å². The zero-order valence-corrected chi connectivity index (χ0v) is 15.4. The van der Waals surface area contributed by atoms with Gasteiger partial charge in [0.2, 0.25) is 5.91 Å². The Hall–Kier alpha value is -2.32. The molecule has 3 N–H and O–H groups in total. The highest BCUT2D eigenvalue weighted by molar-refractivity contribution is 8.00. The standard InChI is InChI=1S/C18H22N4O3S/c1-12(16(23)21-17(19)24)26-18-20-10-15(13-6-3-2-4-7-13)22(18)11-14-8-5-9-25-14/h2-4,6-7,10,12,14H,5,8-9,11H2,1H3,(H3,19,21,23,24)/t12-,14-/m0/s1. The fourth-order valence-electron chi connectivity index (χ4n) is 2.90. The molecule has 1 aliphatic rings. The maximum atomic E-state index is 12.0. The summed E-state index contributed by atoms with van der Waals surface area (Å²) < 4.78 is 7.87. The summed E-state index contributed by atoms with van der Waals surface area (Å²) in [7, 11) is 0. The second-order valence-corrected chi connectivity index (χ2v) is 7.46. The summed E-state index contributed by atoms with van der Waals surface area (Å²) in [5.74, 6) is -0.435. The van der Waals surface area contributed by atoms with Gasteiger partial charge in [-0.1, -0.05) is 42.1 Å². The number of hydrogen-bond acceptors (Lipinski definition) is 5. The molecule has 1 aromatic heterocycles. The Balaban J connectivity index is 1.85. The number of benzene rings is 1. The van der Waals surface area contributed by atoms with Gasteiger partial charge in [-0.2, -0.15) is 0 Å². The molecule has 3 rings (SSSR count). The predicted octanol–water partition coefficient (Wildman–Crippen LogP) is 2.40. The van der Waals surface area contributed by atoms with Crippen molar-refractivity contribution in [2.75, 3.05) is 6.61 Å². The molecule has 0 bridgehead atoms. The lowest BCUT2D eigenvalue weighted by Crippen LogP contribution is -2.39. The lowest BCUT2D eigenvalue weighted by Gasteiger charge is -2.17. The van der Waals surface area contributed by atoms with E-state index >= 15 is 0 Å². The van der Waals surface area contributed by atoms with E-state index in [9.17, 15) is 9.59 Å². The molecule has 8 heteroatoms. The first kappa shape index (κ1) is 18.5. The Labute approximate surface area is 156 Å². The van der Waals surface area contributed by atoms with Crippen molar-refractivity contribution >= 4 is 23.7 Å². The van der Waals surface area contributed by atoms with Crippen LogP contribution in [0.4, 0.5) is 4.79 Å². The van der Waals surface area contributed by atoms with Crippen LogP contribution in [0, 0.1) is 0 Å². The number of carbonyl (C=O) groups excluding carboxylic acids is 2. The number of rotatable bonds is 6. The van der Waals surface area contributed by atoms with Gasteiger partial charge in [-0.15, -0.1) is 0 Å². The molecule has 1 aliphatic heterocycles. The Morgan fingerprint density at radius 3 is 2.85 bits per heavy atom. The van der Waals surface area contributed by atoms with E-state index in [4.69, 9.17) is 10.5 Å². The van der Waals surface area contributed by atoms with Crippen molar-refractivity contribution in [2.45, 2.75) is 42.8 Å². The topological polar surface area (TPSA) is 99.2 Å². The summed E-state index contributed by atoms with van der Waals surface area (Å²) in [6, 6.07) is 9.13. The summed E-state index contributed by atoms with van der Waals surface area (Å²) in [5, 5.41) is 2.32. The van der Waals surface area contributed by atoms with Crippen molar-refractivity contribution in [1.29, 1.82) is 0 Å². The van der Waals surface area contributed by atoms with E-state index in [1.54, 1.807) is 6.92 Å². The lowest BCUT2D eigenvalue weighted by atomic mass is 10.1. The van der Waals surface area contributed by atoms with Crippen LogP contribution < -0.4 is 11.1 Å². The molecule has 0 unspecified atom stereocenters. The zero-order chi connectivity index (χ0) is 18.5. The van der Waals surface area contributed by atoms with Crippen LogP contribution in [0.3, 0.4) is 0 Å². The van der Waals surface area contributed by atoms with Crippen LogP contribution >= 0.6 is 11.8 Å². The first-order valence-electron chi connectivity index (χ1n) is 8.54. The highest BCUT2D eigenvalue weighted by Gasteiger charge is 2.23. The number of imide groups is 1. The molecule has 2 atom stereocenters. The highest BCUT2D eigenvalue weighted by Crippen LogP contribution is 2.30. The molecule has 1 aromatic carbocycles. The van der Waals surface area contributed by atoms with Gasteiger partial charge in [-0.25, -0.2) is 9.78 Å². The summed E-state index contributed by atoms with van der Waals surface area (Å²) in [6.45, 7) is 3.17. The van der Waals surface area contributed by atoms with Crippen molar-refractivity contribution in [3.05, 3.63) is 36.5 Å². The summed E-state index contributed by atoms with van der Waals surface area (Å²) in [4.78, 5) is 27.4. The Morgan fingerprint density at radius 2 is 2.19 bits per heavy atom. The quantitative estimate of drug-likeness (QED) is 0.757. The highest BCUT2D eigenvalue weighted by atomic mass is 32.2. The molecule has 2 heterocycles. The molecule has 0 saturated carbocycles. The molecular weight excluding hydrogens is 352 g/mol. The van der Waals surface area contributed by atoms with E-state index in [1.165, 1.54) is 11.8 Å². The first-order valence-corrected chi connectivity index (χ1v) is 9.42. The van der Waals surface area contributed by atoms with Crippen LogP contribution in [0.2, 0.25) is 0 Å². The van der Waals surface area contributed by atoms with E-state index in [1.807, 2.05) is 36.5 Å². The maximum absolute atomic E-state index is 12.0. The van der Waals surface area contributed by atoms with E-state index in [0.717, 1.165) is 30.7 Å². The third-order valence-electron chi connectivity index (χ3n) is 4.20. The van der Waals surface area contributed by atoms with Crippen LogP contribution in [-0.2, 0) is 16.1 Å². The fourth-order valence-corrected chi connectivity index (χ4v) is 3.79. The fraction of sp³-hybridized carbons (Fsp3) is 0.389. The van der Waals surface area contributed by atoms with E-state index in [0.29, 0.717) is 11.7 Å². The number of hydrogen-bond donors (Lipinski definition) is 2. The van der Waals surface area contributed by atoms with Crippen molar-refractivity contribution in [3.8, 4) is 11.3 Å². The first-order chi connectivity index (χ1) is 12.5. The van der Waals surface area contributed by atoms with Gasteiger partial charge in [0, 0.05) is 6.61 Å². The minimum absolute atomic E-state index is 0.140. The number of carbonyl (C=O) groups is 2. The lowest BCUT2D eigenvalue weighted by molar-refractivity contribution is -0.119. The molecule has 3 amide bonds. The van der Waals surface area contributed by atoms with Crippen LogP contribution in [0.25, 0.3) is 11.3 Å². The third-order valence-corrected chi connectivity index (χ3v) is 5.30. The second kappa shape index (κ2) is 8.37. The normalized spacial score (nSPS) is 17.8. The number of nitrogens with two attached hydrogens (primary N) is 1. The van der Waals surface area contributed by atoms with Crippen LogP contribution in [-0.4, -0.2) is 39.5 Å². The summed E-state index contributed by atoms with van der Waals surface area (Å²) in [6.07, 6.45) is 4.01. The van der Waals surface area contributed by atoms with E-state index in [2.05, 4.69) is 14.9 Å². The minimum atomic E-state index is -0.852. The second-order valence-electron chi connectivity index (χ2n) is 6.15.